The zero-order chi connectivity index (χ0) is 11.6. The molecule has 0 N–H and O–H groups in total. The van der Waals surface area contributed by atoms with Crippen LogP contribution in [0.5, 0.6) is 0 Å². The summed E-state index contributed by atoms with van der Waals surface area (Å²) < 4.78 is 0. The van der Waals surface area contributed by atoms with Gasteiger partial charge in [0.1, 0.15) is 0 Å². The van der Waals surface area contributed by atoms with E-state index in [1.807, 2.05) is 0 Å². The molecule has 1 fully saturated rings. The van der Waals surface area contributed by atoms with E-state index < -0.39 is 0 Å². The predicted octanol–water partition coefficient (Wildman–Crippen LogP) is 4.52. The number of rotatable bonds is 1. The SMILES string of the molecule is CC1(C)CC(C)(C)c2cc(C3CC3)ccc21. The number of hydrogen-bond acceptors (Lipinski definition) is 0. The van der Waals surface area contributed by atoms with Crippen LogP contribution in [0.4, 0.5) is 0 Å². The van der Waals surface area contributed by atoms with Crippen LogP contribution in [0.25, 0.3) is 0 Å². The maximum atomic E-state index is 2.50. The Bertz CT molecular complexity index is 433. The van der Waals surface area contributed by atoms with Crippen molar-refractivity contribution in [3.05, 3.63) is 34.9 Å². The van der Waals surface area contributed by atoms with Gasteiger partial charge in [-0.05, 0) is 52.7 Å². The minimum absolute atomic E-state index is 0.362. The Hall–Kier alpha value is -0.780. The largest absolute Gasteiger partial charge is 0.0584 e. The molecule has 0 unspecified atom stereocenters. The van der Waals surface area contributed by atoms with Gasteiger partial charge >= 0.3 is 0 Å². The van der Waals surface area contributed by atoms with Crippen LogP contribution >= 0.6 is 0 Å². The van der Waals surface area contributed by atoms with Crippen LogP contribution in [-0.4, -0.2) is 0 Å². The van der Waals surface area contributed by atoms with Crippen LogP contribution in [0.3, 0.4) is 0 Å². The summed E-state index contributed by atoms with van der Waals surface area (Å²) in [5.41, 5.74) is 5.51. The topological polar surface area (TPSA) is 0 Å². The molecule has 0 bridgehead atoms. The molecular weight excluding hydrogens is 192 g/mol. The Morgan fingerprint density at radius 2 is 1.56 bits per heavy atom. The first-order valence-electron chi connectivity index (χ1n) is 6.55. The molecule has 0 heteroatoms. The lowest BCUT2D eigenvalue weighted by Gasteiger charge is -2.22. The Kier molecular flexibility index (Phi) is 1.89. The van der Waals surface area contributed by atoms with E-state index in [9.17, 15) is 0 Å². The van der Waals surface area contributed by atoms with Gasteiger partial charge in [-0.15, -0.1) is 0 Å². The van der Waals surface area contributed by atoms with E-state index in [2.05, 4.69) is 45.9 Å². The first kappa shape index (κ1) is 10.4. The molecule has 16 heavy (non-hydrogen) atoms. The summed E-state index contributed by atoms with van der Waals surface area (Å²) >= 11 is 0. The molecule has 0 saturated heterocycles. The first-order chi connectivity index (χ1) is 7.40. The number of benzene rings is 1. The van der Waals surface area contributed by atoms with E-state index in [0.29, 0.717) is 10.8 Å². The van der Waals surface area contributed by atoms with Crippen molar-refractivity contribution in [2.75, 3.05) is 0 Å². The molecule has 1 aromatic carbocycles. The zero-order valence-corrected chi connectivity index (χ0v) is 10.9. The van der Waals surface area contributed by atoms with Crippen LogP contribution in [0.1, 0.15) is 69.6 Å². The predicted molar refractivity (Wildman–Crippen MR) is 69.1 cm³/mol. The molecular formula is C16H22. The molecule has 0 spiro atoms. The average molecular weight is 214 g/mol. The van der Waals surface area contributed by atoms with Gasteiger partial charge in [0.2, 0.25) is 0 Å². The summed E-state index contributed by atoms with van der Waals surface area (Å²) in [6, 6.07) is 7.28. The highest BCUT2D eigenvalue weighted by Crippen LogP contribution is 2.51. The van der Waals surface area contributed by atoms with Crippen LogP contribution in [-0.2, 0) is 10.8 Å². The lowest BCUT2D eigenvalue weighted by Crippen LogP contribution is -2.17. The van der Waals surface area contributed by atoms with Crippen LogP contribution in [0.15, 0.2) is 18.2 Å². The number of hydrogen-bond donors (Lipinski definition) is 0. The van der Waals surface area contributed by atoms with Crippen molar-refractivity contribution in [2.45, 2.75) is 63.7 Å². The summed E-state index contributed by atoms with van der Waals surface area (Å²) in [5.74, 6) is 0.879. The van der Waals surface area contributed by atoms with Crippen molar-refractivity contribution in [3.8, 4) is 0 Å². The van der Waals surface area contributed by atoms with Crippen molar-refractivity contribution in [1.29, 1.82) is 0 Å². The third kappa shape index (κ3) is 1.43. The molecule has 0 radical (unpaired) electrons. The number of fused-ring (bicyclic) bond motifs is 1. The van der Waals surface area contributed by atoms with Gasteiger partial charge in [-0.25, -0.2) is 0 Å². The Balaban J connectivity index is 2.14. The van der Waals surface area contributed by atoms with E-state index in [1.165, 1.54) is 19.3 Å². The summed E-state index contributed by atoms with van der Waals surface area (Å²) in [6.07, 6.45) is 4.09. The molecule has 0 aliphatic heterocycles. The van der Waals surface area contributed by atoms with Crippen molar-refractivity contribution < 1.29 is 0 Å². The molecule has 0 heterocycles. The third-order valence-electron chi connectivity index (χ3n) is 4.43. The maximum Gasteiger partial charge on any atom is -0.00922 e. The van der Waals surface area contributed by atoms with Gasteiger partial charge in [-0.1, -0.05) is 45.9 Å². The minimum atomic E-state index is 0.362. The summed E-state index contributed by atoms with van der Waals surface area (Å²) in [5, 5.41) is 0. The molecule has 1 saturated carbocycles. The molecule has 3 rings (SSSR count). The highest BCUT2D eigenvalue weighted by atomic mass is 14.5. The van der Waals surface area contributed by atoms with E-state index in [4.69, 9.17) is 0 Å². The van der Waals surface area contributed by atoms with Crippen LogP contribution in [0.2, 0.25) is 0 Å². The minimum Gasteiger partial charge on any atom is -0.0584 e. The second kappa shape index (κ2) is 2.91. The van der Waals surface area contributed by atoms with Gasteiger partial charge in [0.15, 0.2) is 0 Å². The van der Waals surface area contributed by atoms with Crippen molar-refractivity contribution in [1.82, 2.24) is 0 Å². The molecule has 0 aromatic heterocycles. The fraction of sp³-hybridized carbons (Fsp3) is 0.625. The van der Waals surface area contributed by atoms with Gasteiger partial charge in [0.25, 0.3) is 0 Å². The third-order valence-corrected chi connectivity index (χ3v) is 4.43. The second-order valence-corrected chi connectivity index (χ2v) is 7.02. The fourth-order valence-corrected chi connectivity index (χ4v) is 3.68. The zero-order valence-electron chi connectivity index (χ0n) is 10.9. The second-order valence-electron chi connectivity index (χ2n) is 7.02. The van der Waals surface area contributed by atoms with Gasteiger partial charge in [-0.2, -0.15) is 0 Å². The Labute approximate surface area is 99.1 Å². The lowest BCUT2D eigenvalue weighted by atomic mass is 9.82. The van der Waals surface area contributed by atoms with Gasteiger partial charge in [0.05, 0.1) is 0 Å². The van der Waals surface area contributed by atoms with Crippen LogP contribution in [0, 0.1) is 0 Å². The van der Waals surface area contributed by atoms with Crippen molar-refractivity contribution >= 4 is 0 Å². The summed E-state index contributed by atoms with van der Waals surface area (Å²) in [4.78, 5) is 0. The Morgan fingerprint density at radius 3 is 2.19 bits per heavy atom. The van der Waals surface area contributed by atoms with E-state index in [0.717, 1.165) is 5.92 Å². The highest BCUT2D eigenvalue weighted by molar-refractivity contribution is 5.47. The molecule has 1 aromatic rings. The van der Waals surface area contributed by atoms with E-state index in [1.54, 1.807) is 16.7 Å². The molecule has 0 nitrogen and oxygen atoms in total. The molecule has 0 atom stereocenters. The van der Waals surface area contributed by atoms with Crippen LogP contribution < -0.4 is 0 Å². The maximum absolute atomic E-state index is 2.50. The van der Waals surface area contributed by atoms with E-state index in [-0.39, 0.29) is 0 Å². The summed E-state index contributed by atoms with van der Waals surface area (Å²) in [6.45, 7) is 9.57. The van der Waals surface area contributed by atoms with Gasteiger partial charge in [-0.3, -0.25) is 0 Å². The van der Waals surface area contributed by atoms with Gasteiger partial charge in [0, 0.05) is 0 Å². The first-order valence-corrected chi connectivity index (χ1v) is 6.55. The standard InChI is InChI=1S/C16H22/c1-15(2)10-16(3,4)14-9-12(11-5-6-11)7-8-13(14)15/h7-9,11H,5-6,10H2,1-4H3. The smallest absolute Gasteiger partial charge is 0.00922 e. The lowest BCUT2D eigenvalue weighted by molar-refractivity contribution is 0.403. The molecule has 0 amide bonds. The van der Waals surface area contributed by atoms with Crippen molar-refractivity contribution in [3.63, 3.8) is 0 Å². The molecule has 2 aliphatic carbocycles. The fourth-order valence-electron chi connectivity index (χ4n) is 3.68. The normalized spacial score (nSPS) is 25.5. The van der Waals surface area contributed by atoms with Crippen molar-refractivity contribution in [2.24, 2.45) is 0 Å². The molecule has 2 aliphatic rings. The Morgan fingerprint density at radius 1 is 0.938 bits per heavy atom. The monoisotopic (exact) mass is 214 g/mol. The average Bonchev–Trinajstić information content (AvgIpc) is 2.95. The molecule has 86 valence electrons. The van der Waals surface area contributed by atoms with Gasteiger partial charge < -0.3 is 0 Å². The quantitative estimate of drug-likeness (QED) is 0.644. The highest BCUT2D eigenvalue weighted by Gasteiger charge is 2.42. The summed E-state index contributed by atoms with van der Waals surface area (Å²) in [7, 11) is 0. The van der Waals surface area contributed by atoms with E-state index >= 15 is 0 Å².